The largest absolute Gasteiger partial charge is 0.254 e. The molecule has 2 heterocycles. The van der Waals surface area contributed by atoms with Crippen molar-refractivity contribution in [1.29, 1.82) is 0 Å². The molecular weight excluding hydrogens is 713 g/mol. The number of hydrogen-bond donors (Lipinski definition) is 0. The molecule has 0 aliphatic heterocycles. The van der Waals surface area contributed by atoms with E-state index in [2.05, 4.69) is 189 Å². The number of fused-ring (bicyclic) bond motifs is 18. The van der Waals surface area contributed by atoms with Gasteiger partial charge in [-0.05, 0) is 140 Å². The van der Waals surface area contributed by atoms with Crippen LogP contribution in [0.2, 0.25) is 0 Å². The summed E-state index contributed by atoms with van der Waals surface area (Å²) in [4.78, 5) is 9.77. The standard InChI is InChI=1S/C57H36N2/c1-57(2)52-31-48-41-14-6-4-12-39(41)38-11-3-5-13-40(38)46(48)29-50(52)51-30-47-43-16-8-7-15-42(43)45-28-37(23-25-44(45)49(47)32-53(51)57)33-17-19-34(20-18-33)54-26-24-36-22-21-35-10-9-27-58-55(35)56(36)59-54/h3-32H,1-2H3. The average Bonchev–Trinajstić information content (AvgIpc) is 3.51. The Morgan fingerprint density at radius 3 is 1.36 bits per heavy atom. The normalized spacial score (nSPS) is 13.4. The number of rotatable bonds is 2. The Morgan fingerprint density at radius 2 is 0.780 bits per heavy atom. The van der Waals surface area contributed by atoms with Crippen LogP contribution in [0.25, 0.3) is 120 Å². The molecular formula is C57H36N2. The van der Waals surface area contributed by atoms with E-state index in [0.29, 0.717) is 0 Å². The summed E-state index contributed by atoms with van der Waals surface area (Å²) in [6.45, 7) is 4.83. The first-order chi connectivity index (χ1) is 29.0. The van der Waals surface area contributed by atoms with Crippen molar-refractivity contribution in [3.8, 4) is 33.5 Å². The van der Waals surface area contributed by atoms with Gasteiger partial charge in [0.25, 0.3) is 0 Å². The fourth-order valence-electron chi connectivity index (χ4n) is 10.5. The minimum atomic E-state index is -0.164. The van der Waals surface area contributed by atoms with Crippen LogP contribution in [0.4, 0.5) is 0 Å². The van der Waals surface area contributed by atoms with Crippen LogP contribution in [0.3, 0.4) is 0 Å². The molecule has 0 amide bonds. The first-order valence-electron chi connectivity index (χ1n) is 20.6. The average molecular weight is 749 g/mol. The quantitative estimate of drug-likeness (QED) is 0.165. The highest BCUT2D eigenvalue weighted by molar-refractivity contribution is 6.28. The lowest BCUT2D eigenvalue weighted by atomic mass is 9.80. The predicted molar refractivity (Wildman–Crippen MR) is 251 cm³/mol. The molecule has 0 fully saturated rings. The molecule has 0 saturated carbocycles. The topological polar surface area (TPSA) is 25.8 Å². The Balaban J connectivity index is 0.967. The zero-order chi connectivity index (χ0) is 39.0. The Hall–Kier alpha value is -7.42. The van der Waals surface area contributed by atoms with Crippen molar-refractivity contribution in [2.24, 2.45) is 0 Å². The summed E-state index contributed by atoms with van der Waals surface area (Å²) in [6.07, 6.45) is 1.84. The van der Waals surface area contributed by atoms with E-state index < -0.39 is 0 Å². The molecule has 59 heavy (non-hydrogen) atoms. The van der Waals surface area contributed by atoms with Gasteiger partial charge in [0, 0.05) is 27.9 Å². The van der Waals surface area contributed by atoms with Gasteiger partial charge in [0.1, 0.15) is 0 Å². The third-order valence-electron chi connectivity index (χ3n) is 13.4. The van der Waals surface area contributed by atoms with Crippen molar-refractivity contribution >= 4 is 86.4 Å². The summed E-state index contributed by atoms with van der Waals surface area (Å²) in [5.74, 6) is 0. The van der Waals surface area contributed by atoms with E-state index in [1.807, 2.05) is 12.3 Å². The molecule has 1 aliphatic rings. The van der Waals surface area contributed by atoms with Gasteiger partial charge in [0.05, 0.1) is 16.7 Å². The fourth-order valence-corrected chi connectivity index (χ4v) is 10.5. The SMILES string of the molecule is CC1(C)c2cc3c4ccccc4c4ccccc4c3cc2-c2cc3c4ccccc4c4cc(-c5ccc(-c6ccc7ccc8cccnc8c7n6)cc5)ccc4c3cc21. The molecule has 2 heteroatoms. The lowest BCUT2D eigenvalue weighted by Crippen LogP contribution is -2.15. The Labute approximate surface area is 341 Å². The zero-order valence-electron chi connectivity index (χ0n) is 32.7. The van der Waals surface area contributed by atoms with Crippen molar-refractivity contribution < 1.29 is 0 Å². The van der Waals surface area contributed by atoms with Crippen LogP contribution in [0, 0.1) is 0 Å². The summed E-state index contributed by atoms with van der Waals surface area (Å²) in [5.41, 5.74) is 11.6. The van der Waals surface area contributed by atoms with Crippen LogP contribution in [-0.4, -0.2) is 9.97 Å². The predicted octanol–water partition coefficient (Wildman–Crippen LogP) is 15.3. The minimum absolute atomic E-state index is 0.164. The molecule has 0 N–H and O–H groups in total. The van der Waals surface area contributed by atoms with Crippen molar-refractivity contribution in [3.05, 3.63) is 193 Å². The van der Waals surface area contributed by atoms with Crippen LogP contribution in [0.5, 0.6) is 0 Å². The Kier molecular flexibility index (Phi) is 6.54. The lowest BCUT2D eigenvalue weighted by Gasteiger charge is -2.23. The summed E-state index contributed by atoms with van der Waals surface area (Å²) in [6, 6.07) is 65.3. The van der Waals surface area contributed by atoms with Crippen LogP contribution in [-0.2, 0) is 5.41 Å². The van der Waals surface area contributed by atoms with Crippen molar-refractivity contribution in [3.63, 3.8) is 0 Å². The molecule has 0 atom stereocenters. The van der Waals surface area contributed by atoms with E-state index in [9.17, 15) is 0 Å². The monoisotopic (exact) mass is 748 g/mol. The molecule has 0 radical (unpaired) electrons. The van der Waals surface area contributed by atoms with Crippen LogP contribution in [0.1, 0.15) is 25.0 Å². The van der Waals surface area contributed by atoms with Gasteiger partial charge in [-0.1, -0.05) is 147 Å². The molecule has 0 saturated heterocycles. The zero-order valence-corrected chi connectivity index (χ0v) is 32.7. The van der Waals surface area contributed by atoms with E-state index in [1.165, 1.54) is 98.0 Å². The fraction of sp³-hybridized carbons (Fsp3) is 0.0526. The molecule has 2 nitrogen and oxygen atoms in total. The van der Waals surface area contributed by atoms with Gasteiger partial charge < -0.3 is 0 Å². The molecule has 0 bridgehead atoms. The molecule has 0 unspecified atom stereocenters. The smallest absolute Gasteiger partial charge is 0.0972 e. The molecule has 13 rings (SSSR count). The lowest BCUT2D eigenvalue weighted by molar-refractivity contribution is 0.662. The molecule has 274 valence electrons. The van der Waals surface area contributed by atoms with E-state index in [1.54, 1.807) is 0 Å². The van der Waals surface area contributed by atoms with Crippen molar-refractivity contribution in [1.82, 2.24) is 9.97 Å². The maximum atomic E-state index is 5.10. The summed E-state index contributed by atoms with van der Waals surface area (Å²) < 4.78 is 0. The van der Waals surface area contributed by atoms with Gasteiger partial charge in [0.15, 0.2) is 0 Å². The second kappa shape index (κ2) is 11.8. The molecule has 1 aliphatic carbocycles. The molecule has 10 aromatic carbocycles. The highest BCUT2D eigenvalue weighted by Crippen LogP contribution is 2.53. The van der Waals surface area contributed by atoms with Gasteiger partial charge in [-0.25, -0.2) is 4.98 Å². The third-order valence-corrected chi connectivity index (χ3v) is 13.4. The summed E-state index contributed by atoms with van der Waals surface area (Å²) in [7, 11) is 0. The van der Waals surface area contributed by atoms with Crippen molar-refractivity contribution in [2.45, 2.75) is 19.3 Å². The number of hydrogen-bond acceptors (Lipinski definition) is 2. The molecule has 12 aromatic rings. The number of nitrogens with zero attached hydrogens (tertiary/aromatic N) is 2. The minimum Gasteiger partial charge on any atom is -0.254 e. The van der Waals surface area contributed by atoms with Gasteiger partial charge in [0.2, 0.25) is 0 Å². The second-order valence-corrected chi connectivity index (χ2v) is 16.9. The van der Waals surface area contributed by atoms with E-state index in [4.69, 9.17) is 4.98 Å². The first kappa shape index (κ1) is 32.6. The second-order valence-electron chi connectivity index (χ2n) is 16.9. The maximum absolute atomic E-state index is 5.10. The number of pyridine rings is 2. The van der Waals surface area contributed by atoms with Crippen LogP contribution >= 0.6 is 0 Å². The number of aromatic nitrogens is 2. The van der Waals surface area contributed by atoms with E-state index in [0.717, 1.165) is 33.1 Å². The molecule has 0 spiro atoms. The van der Waals surface area contributed by atoms with E-state index in [-0.39, 0.29) is 5.41 Å². The highest BCUT2D eigenvalue weighted by atomic mass is 14.7. The Morgan fingerprint density at radius 1 is 0.339 bits per heavy atom. The third kappa shape index (κ3) is 4.57. The Bertz CT molecular complexity index is 3800. The van der Waals surface area contributed by atoms with Gasteiger partial charge in [-0.15, -0.1) is 0 Å². The van der Waals surface area contributed by atoms with Gasteiger partial charge in [-0.3, -0.25) is 4.98 Å². The highest BCUT2D eigenvalue weighted by Gasteiger charge is 2.37. The van der Waals surface area contributed by atoms with Gasteiger partial charge >= 0.3 is 0 Å². The van der Waals surface area contributed by atoms with Crippen LogP contribution < -0.4 is 0 Å². The van der Waals surface area contributed by atoms with Crippen LogP contribution in [0.15, 0.2) is 182 Å². The maximum Gasteiger partial charge on any atom is 0.0972 e. The summed E-state index contributed by atoms with van der Waals surface area (Å²) >= 11 is 0. The summed E-state index contributed by atoms with van der Waals surface area (Å²) in [5, 5.41) is 17.9. The molecule has 2 aromatic heterocycles. The van der Waals surface area contributed by atoms with Crippen molar-refractivity contribution in [2.75, 3.05) is 0 Å². The number of benzene rings is 10. The van der Waals surface area contributed by atoms with Gasteiger partial charge in [-0.2, -0.15) is 0 Å². The van der Waals surface area contributed by atoms with E-state index >= 15 is 0 Å². The first-order valence-corrected chi connectivity index (χ1v) is 20.6.